The number of carbonyl (C=O) groups is 3. The number of thioether (sulfide) groups is 1. The van der Waals surface area contributed by atoms with Gasteiger partial charge in [0.15, 0.2) is 11.5 Å². The first kappa shape index (κ1) is 19.0. The topological polar surface area (TPSA) is 84.9 Å². The molecule has 1 saturated heterocycles. The second-order valence-corrected chi connectivity index (χ2v) is 7.20. The van der Waals surface area contributed by atoms with Crippen LogP contribution in [0.5, 0.6) is 11.5 Å². The number of ether oxygens (including phenoxy) is 2. The molecule has 4 rings (SSSR count). The van der Waals surface area contributed by atoms with Crippen molar-refractivity contribution >= 4 is 34.9 Å². The summed E-state index contributed by atoms with van der Waals surface area (Å²) in [7, 11) is 0. The number of halogens is 1. The second-order valence-electron chi connectivity index (χ2n) is 6.21. The van der Waals surface area contributed by atoms with Gasteiger partial charge >= 0.3 is 0 Å². The lowest BCUT2D eigenvalue weighted by Gasteiger charge is -2.13. The zero-order chi connectivity index (χ0) is 20.4. The van der Waals surface area contributed by atoms with Gasteiger partial charge in [-0.05, 0) is 59.8 Å². The number of imide groups is 1. The van der Waals surface area contributed by atoms with Crippen molar-refractivity contribution in [2.24, 2.45) is 0 Å². The van der Waals surface area contributed by atoms with E-state index in [9.17, 15) is 18.8 Å². The van der Waals surface area contributed by atoms with Gasteiger partial charge in [-0.15, -0.1) is 0 Å². The van der Waals surface area contributed by atoms with Gasteiger partial charge in [0.05, 0.1) is 4.91 Å². The lowest BCUT2D eigenvalue weighted by atomic mass is 10.2. The quantitative estimate of drug-likeness (QED) is 0.757. The van der Waals surface area contributed by atoms with Gasteiger partial charge < -0.3 is 14.8 Å². The Balaban J connectivity index is 1.37. The maximum Gasteiger partial charge on any atom is 0.293 e. The molecular formula is C20H15FN2O5S. The second kappa shape index (κ2) is 7.96. The van der Waals surface area contributed by atoms with E-state index in [4.69, 9.17) is 9.47 Å². The molecule has 0 bridgehead atoms. The molecule has 0 aromatic heterocycles. The van der Waals surface area contributed by atoms with Crippen LogP contribution in [0.2, 0.25) is 0 Å². The molecule has 7 nitrogen and oxygen atoms in total. The highest BCUT2D eigenvalue weighted by Crippen LogP contribution is 2.36. The highest BCUT2D eigenvalue weighted by molar-refractivity contribution is 8.18. The predicted octanol–water partition coefficient (Wildman–Crippen LogP) is 3.02. The largest absolute Gasteiger partial charge is 0.454 e. The summed E-state index contributed by atoms with van der Waals surface area (Å²) in [6, 6.07) is 10.3. The molecule has 0 saturated carbocycles. The minimum Gasteiger partial charge on any atom is -0.454 e. The van der Waals surface area contributed by atoms with Gasteiger partial charge in [0.1, 0.15) is 5.82 Å². The summed E-state index contributed by atoms with van der Waals surface area (Å²) in [6.07, 6.45) is 1.62. The van der Waals surface area contributed by atoms with E-state index in [0.29, 0.717) is 27.5 Å². The van der Waals surface area contributed by atoms with E-state index in [1.54, 1.807) is 24.3 Å². The molecule has 0 unspecified atom stereocenters. The van der Waals surface area contributed by atoms with Crippen LogP contribution in [0.25, 0.3) is 6.08 Å². The number of benzene rings is 2. The Labute approximate surface area is 169 Å². The van der Waals surface area contributed by atoms with E-state index >= 15 is 0 Å². The molecule has 1 fully saturated rings. The predicted molar refractivity (Wildman–Crippen MR) is 104 cm³/mol. The van der Waals surface area contributed by atoms with Crippen LogP contribution in [-0.4, -0.2) is 41.8 Å². The first-order chi connectivity index (χ1) is 14.0. The third kappa shape index (κ3) is 4.09. The number of hydrogen-bond donors (Lipinski definition) is 1. The average molecular weight is 414 g/mol. The number of fused-ring (bicyclic) bond motifs is 1. The summed E-state index contributed by atoms with van der Waals surface area (Å²) in [6.45, 7) is 0.278. The molecule has 0 spiro atoms. The Bertz CT molecular complexity index is 1020. The van der Waals surface area contributed by atoms with Crippen molar-refractivity contribution in [1.29, 1.82) is 0 Å². The van der Waals surface area contributed by atoms with Crippen LogP contribution in [-0.2, 0) is 4.79 Å². The summed E-state index contributed by atoms with van der Waals surface area (Å²) in [4.78, 5) is 38.1. The zero-order valence-corrected chi connectivity index (χ0v) is 15.8. The number of amides is 3. The van der Waals surface area contributed by atoms with Crippen molar-refractivity contribution in [3.8, 4) is 11.5 Å². The maximum atomic E-state index is 12.9. The number of nitrogens with one attached hydrogen (secondary N) is 1. The minimum atomic E-state index is -0.436. The van der Waals surface area contributed by atoms with Gasteiger partial charge in [-0.2, -0.15) is 0 Å². The van der Waals surface area contributed by atoms with Crippen molar-refractivity contribution in [3.63, 3.8) is 0 Å². The smallest absolute Gasteiger partial charge is 0.293 e. The van der Waals surface area contributed by atoms with Gasteiger partial charge in [-0.1, -0.05) is 6.07 Å². The number of hydrogen-bond acceptors (Lipinski definition) is 6. The Morgan fingerprint density at radius 2 is 1.90 bits per heavy atom. The fraction of sp³-hybridized carbons (Fsp3) is 0.150. The molecular weight excluding hydrogens is 399 g/mol. The summed E-state index contributed by atoms with van der Waals surface area (Å²) < 4.78 is 23.5. The molecule has 0 aliphatic carbocycles. The Morgan fingerprint density at radius 3 is 2.69 bits per heavy atom. The molecule has 0 radical (unpaired) electrons. The SMILES string of the molecule is O=C(NCCN1C(=O)S/C(=C\c2ccc3c(c2)OCO3)C1=O)c1ccc(F)cc1. The summed E-state index contributed by atoms with van der Waals surface area (Å²) in [5.41, 5.74) is 1.01. The van der Waals surface area contributed by atoms with E-state index in [1.807, 2.05) is 0 Å². The molecule has 2 aliphatic heterocycles. The molecule has 3 amide bonds. The maximum absolute atomic E-state index is 12.9. The molecule has 2 aromatic rings. The first-order valence-corrected chi connectivity index (χ1v) is 9.52. The van der Waals surface area contributed by atoms with Gasteiger partial charge in [-0.25, -0.2) is 4.39 Å². The first-order valence-electron chi connectivity index (χ1n) is 8.70. The molecule has 9 heteroatoms. The van der Waals surface area contributed by atoms with Crippen LogP contribution in [0.15, 0.2) is 47.4 Å². The Kier molecular flexibility index (Phi) is 5.22. The van der Waals surface area contributed by atoms with E-state index in [1.165, 1.54) is 24.3 Å². The van der Waals surface area contributed by atoms with Crippen LogP contribution < -0.4 is 14.8 Å². The highest BCUT2D eigenvalue weighted by Gasteiger charge is 2.34. The van der Waals surface area contributed by atoms with Crippen molar-refractivity contribution in [2.75, 3.05) is 19.9 Å². The molecule has 29 heavy (non-hydrogen) atoms. The molecule has 148 valence electrons. The van der Waals surface area contributed by atoms with Crippen LogP contribution >= 0.6 is 11.8 Å². The summed E-state index contributed by atoms with van der Waals surface area (Å²) >= 11 is 0.839. The fourth-order valence-corrected chi connectivity index (χ4v) is 3.70. The van der Waals surface area contributed by atoms with Gasteiger partial charge in [0.25, 0.3) is 17.1 Å². The van der Waals surface area contributed by atoms with Crippen LogP contribution in [0, 0.1) is 5.82 Å². The van der Waals surface area contributed by atoms with Gasteiger partial charge in [-0.3, -0.25) is 19.3 Å². The normalized spacial score (nSPS) is 16.6. The highest BCUT2D eigenvalue weighted by atomic mass is 32.2. The average Bonchev–Trinajstić information content (AvgIpc) is 3.27. The summed E-state index contributed by atoms with van der Waals surface area (Å²) in [5, 5.41) is 2.21. The Morgan fingerprint density at radius 1 is 1.14 bits per heavy atom. The van der Waals surface area contributed by atoms with Crippen LogP contribution in [0.4, 0.5) is 9.18 Å². The van der Waals surface area contributed by atoms with E-state index in [-0.39, 0.29) is 19.9 Å². The number of rotatable bonds is 5. The van der Waals surface area contributed by atoms with Crippen molar-refractivity contribution in [2.45, 2.75) is 0 Å². The van der Waals surface area contributed by atoms with Crippen molar-refractivity contribution in [1.82, 2.24) is 10.2 Å². The third-order valence-electron chi connectivity index (χ3n) is 4.30. The zero-order valence-electron chi connectivity index (χ0n) is 15.0. The molecule has 0 atom stereocenters. The fourth-order valence-electron chi connectivity index (χ4n) is 2.83. The standard InChI is InChI=1S/C20H15FN2O5S/c21-14-4-2-13(3-5-14)18(24)22-7-8-23-19(25)17(29-20(23)26)10-12-1-6-15-16(9-12)28-11-27-15/h1-6,9-10H,7-8,11H2,(H,22,24)/b17-10-. The van der Waals surface area contributed by atoms with E-state index in [2.05, 4.69) is 5.32 Å². The van der Waals surface area contributed by atoms with Gasteiger partial charge in [0, 0.05) is 18.7 Å². The van der Waals surface area contributed by atoms with Crippen LogP contribution in [0.3, 0.4) is 0 Å². The van der Waals surface area contributed by atoms with E-state index < -0.39 is 22.9 Å². The number of carbonyl (C=O) groups excluding carboxylic acids is 3. The summed E-state index contributed by atoms with van der Waals surface area (Å²) in [5.74, 6) is -0.0520. The van der Waals surface area contributed by atoms with Crippen LogP contribution in [0.1, 0.15) is 15.9 Å². The van der Waals surface area contributed by atoms with Crippen molar-refractivity contribution < 1.29 is 28.2 Å². The molecule has 2 aliphatic rings. The lowest BCUT2D eigenvalue weighted by molar-refractivity contribution is -0.122. The van der Waals surface area contributed by atoms with E-state index in [0.717, 1.165) is 16.7 Å². The number of nitrogens with zero attached hydrogens (tertiary/aromatic N) is 1. The van der Waals surface area contributed by atoms with Crippen molar-refractivity contribution in [3.05, 3.63) is 64.3 Å². The molecule has 2 aromatic carbocycles. The monoisotopic (exact) mass is 414 g/mol. The lowest BCUT2D eigenvalue weighted by Crippen LogP contribution is -2.37. The Hall–Kier alpha value is -3.33. The molecule has 2 heterocycles. The third-order valence-corrected chi connectivity index (χ3v) is 5.20. The van der Waals surface area contributed by atoms with Gasteiger partial charge in [0.2, 0.25) is 6.79 Å². The molecule has 1 N–H and O–H groups in total. The minimum absolute atomic E-state index is 0.0378.